The number of benzene rings is 9. The Bertz CT molecular complexity index is 2900. The predicted molar refractivity (Wildman–Crippen MR) is 239 cm³/mol. The second kappa shape index (κ2) is 14.9. The number of rotatable bonds is 9. The molecule has 10 rings (SSSR count). The van der Waals surface area contributed by atoms with Gasteiger partial charge < -0.3 is 14.2 Å². The molecule has 0 aliphatic heterocycles. The molecule has 3 heteroatoms. The summed E-state index contributed by atoms with van der Waals surface area (Å²) in [4.78, 5) is 4.61. The van der Waals surface area contributed by atoms with Gasteiger partial charge in [0.15, 0.2) is 0 Å². The number of para-hydroxylation sites is 2. The molecule has 1 heterocycles. The van der Waals surface area contributed by atoms with E-state index in [1.165, 1.54) is 22.3 Å². The third-order valence-corrected chi connectivity index (χ3v) is 10.7. The first kappa shape index (κ1) is 33.9. The smallest absolute Gasteiger partial charge is 0.137 e. The van der Waals surface area contributed by atoms with Crippen molar-refractivity contribution >= 4 is 56.1 Å². The van der Waals surface area contributed by atoms with Gasteiger partial charge >= 0.3 is 0 Å². The molecule has 0 saturated carbocycles. The SMILES string of the molecule is c1ccc(-c2ccc(N(c3ccccc3)c3ccc(-c4ccc(N(c5ccc(-c6ccccc6)cc5)c5ccc6c(c5)oc5ccccc56)cc4)cc3)cc2)cc1. The molecular formula is C54H38N2O. The summed E-state index contributed by atoms with van der Waals surface area (Å²) in [5.74, 6) is 0. The average molecular weight is 731 g/mol. The summed E-state index contributed by atoms with van der Waals surface area (Å²) in [6.45, 7) is 0. The number of hydrogen-bond acceptors (Lipinski definition) is 3. The molecule has 0 spiro atoms. The summed E-state index contributed by atoms with van der Waals surface area (Å²) in [6.07, 6.45) is 0. The Hall–Kier alpha value is -7.62. The Balaban J connectivity index is 0.977. The molecule has 1 aromatic heterocycles. The molecule has 270 valence electrons. The van der Waals surface area contributed by atoms with E-state index in [1.54, 1.807) is 0 Å². The second-order valence-electron chi connectivity index (χ2n) is 14.2. The van der Waals surface area contributed by atoms with E-state index >= 15 is 0 Å². The van der Waals surface area contributed by atoms with Gasteiger partial charge in [0.05, 0.1) is 0 Å². The van der Waals surface area contributed by atoms with Crippen molar-refractivity contribution in [2.45, 2.75) is 0 Å². The van der Waals surface area contributed by atoms with Crippen LogP contribution in [0.15, 0.2) is 235 Å². The maximum absolute atomic E-state index is 6.35. The van der Waals surface area contributed by atoms with Crippen LogP contribution in [0.25, 0.3) is 55.3 Å². The van der Waals surface area contributed by atoms with E-state index in [0.717, 1.165) is 67.2 Å². The highest BCUT2D eigenvalue weighted by Crippen LogP contribution is 2.41. The standard InChI is InChI=1S/C54H38N2O/c1-4-12-39(13-5-1)41-20-28-46(29-21-41)55(45-16-8-3-9-17-45)47-30-24-43(25-31-47)44-26-34-49(35-27-44)56(48-32-22-42(23-33-48)40-14-6-2-7-15-40)50-36-37-52-51-18-10-11-19-53(51)57-54(52)38-50/h1-38H. The molecule has 9 aromatic carbocycles. The molecule has 0 radical (unpaired) electrons. The van der Waals surface area contributed by atoms with Crippen molar-refractivity contribution in [1.29, 1.82) is 0 Å². The van der Waals surface area contributed by atoms with E-state index in [2.05, 4.69) is 228 Å². The number of anilines is 6. The summed E-state index contributed by atoms with van der Waals surface area (Å²) in [5, 5.41) is 2.24. The summed E-state index contributed by atoms with van der Waals surface area (Å²) in [5.41, 5.74) is 15.3. The lowest BCUT2D eigenvalue weighted by molar-refractivity contribution is 0.669. The lowest BCUT2D eigenvalue weighted by Gasteiger charge is -2.26. The average Bonchev–Trinajstić information content (AvgIpc) is 3.67. The van der Waals surface area contributed by atoms with Crippen molar-refractivity contribution in [2.24, 2.45) is 0 Å². The molecule has 3 nitrogen and oxygen atoms in total. The van der Waals surface area contributed by atoms with E-state index in [-0.39, 0.29) is 0 Å². The quantitative estimate of drug-likeness (QED) is 0.147. The van der Waals surface area contributed by atoms with E-state index in [4.69, 9.17) is 4.42 Å². The molecule has 0 N–H and O–H groups in total. The van der Waals surface area contributed by atoms with Gasteiger partial charge in [0.25, 0.3) is 0 Å². The normalized spacial score (nSPS) is 11.2. The van der Waals surface area contributed by atoms with E-state index in [1.807, 2.05) is 12.1 Å². The zero-order valence-electron chi connectivity index (χ0n) is 31.2. The Morgan fingerprint density at radius 2 is 0.544 bits per heavy atom. The second-order valence-corrected chi connectivity index (χ2v) is 14.2. The summed E-state index contributed by atoms with van der Waals surface area (Å²) in [7, 11) is 0. The van der Waals surface area contributed by atoms with E-state index < -0.39 is 0 Å². The molecule has 0 aliphatic carbocycles. The Morgan fingerprint density at radius 3 is 1.00 bits per heavy atom. The Morgan fingerprint density at radius 1 is 0.228 bits per heavy atom. The molecule has 0 atom stereocenters. The first-order valence-corrected chi connectivity index (χ1v) is 19.3. The molecule has 0 unspecified atom stereocenters. The lowest BCUT2D eigenvalue weighted by atomic mass is 10.0. The van der Waals surface area contributed by atoms with Crippen molar-refractivity contribution in [3.8, 4) is 33.4 Å². The minimum Gasteiger partial charge on any atom is -0.456 e. The first-order valence-electron chi connectivity index (χ1n) is 19.3. The van der Waals surface area contributed by atoms with Gasteiger partial charge in [-0.3, -0.25) is 0 Å². The molecule has 10 aromatic rings. The van der Waals surface area contributed by atoms with Crippen LogP contribution in [0, 0.1) is 0 Å². The number of furan rings is 1. The van der Waals surface area contributed by atoms with E-state index in [9.17, 15) is 0 Å². The highest BCUT2D eigenvalue weighted by molar-refractivity contribution is 6.06. The minimum atomic E-state index is 0.869. The highest BCUT2D eigenvalue weighted by atomic mass is 16.3. The predicted octanol–water partition coefficient (Wildman–Crippen LogP) is 15.5. The van der Waals surface area contributed by atoms with Crippen LogP contribution in [0.1, 0.15) is 0 Å². The molecule has 0 amide bonds. The fourth-order valence-electron chi connectivity index (χ4n) is 7.80. The Labute approximate surface area is 333 Å². The van der Waals surface area contributed by atoms with Gasteiger partial charge in [-0.25, -0.2) is 0 Å². The summed E-state index contributed by atoms with van der Waals surface area (Å²) in [6, 6.07) is 81.6. The van der Waals surface area contributed by atoms with Crippen LogP contribution >= 0.6 is 0 Å². The van der Waals surface area contributed by atoms with Gasteiger partial charge in [-0.05, 0) is 112 Å². The third-order valence-electron chi connectivity index (χ3n) is 10.7. The number of nitrogens with zero attached hydrogens (tertiary/aromatic N) is 2. The van der Waals surface area contributed by atoms with Crippen molar-refractivity contribution in [1.82, 2.24) is 0 Å². The fourth-order valence-corrected chi connectivity index (χ4v) is 7.80. The Kier molecular flexibility index (Phi) is 8.86. The maximum Gasteiger partial charge on any atom is 0.137 e. The molecule has 0 saturated heterocycles. The van der Waals surface area contributed by atoms with Gasteiger partial charge in [-0.15, -0.1) is 0 Å². The largest absolute Gasteiger partial charge is 0.456 e. The molecular weight excluding hydrogens is 693 g/mol. The van der Waals surface area contributed by atoms with Crippen LogP contribution in [0.2, 0.25) is 0 Å². The third kappa shape index (κ3) is 6.73. The lowest BCUT2D eigenvalue weighted by Crippen LogP contribution is -2.10. The van der Waals surface area contributed by atoms with Gasteiger partial charge in [0.2, 0.25) is 0 Å². The monoisotopic (exact) mass is 730 g/mol. The van der Waals surface area contributed by atoms with Crippen LogP contribution in [-0.4, -0.2) is 0 Å². The topological polar surface area (TPSA) is 19.6 Å². The van der Waals surface area contributed by atoms with E-state index in [0.29, 0.717) is 0 Å². The van der Waals surface area contributed by atoms with Crippen molar-refractivity contribution in [3.05, 3.63) is 231 Å². The van der Waals surface area contributed by atoms with Crippen molar-refractivity contribution in [3.63, 3.8) is 0 Å². The fraction of sp³-hybridized carbons (Fsp3) is 0. The molecule has 0 fully saturated rings. The number of hydrogen-bond donors (Lipinski definition) is 0. The van der Waals surface area contributed by atoms with Crippen LogP contribution in [0.5, 0.6) is 0 Å². The maximum atomic E-state index is 6.35. The number of fused-ring (bicyclic) bond motifs is 3. The zero-order chi connectivity index (χ0) is 38.0. The van der Waals surface area contributed by atoms with Gasteiger partial charge in [-0.1, -0.05) is 146 Å². The van der Waals surface area contributed by atoms with Crippen LogP contribution < -0.4 is 9.80 Å². The zero-order valence-corrected chi connectivity index (χ0v) is 31.2. The first-order chi connectivity index (χ1) is 28.2. The van der Waals surface area contributed by atoms with Crippen molar-refractivity contribution < 1.29 is 4.42 Å². The molecule has 0 aliphatic rings. The highest BCUT2D eigenvalue weighted by Gasteiger charge is 2.17. The summed E-state index contributed by atoms with van der Waals surface area (Å²) >= 11 is 0. The van der Waals surface area contributed by atoms with Gasteiger partial charge in [-0.2, -0.15) is 0 Å². The van der Waals surface area contributed by atoms with Crippen LogP contribution in [-0.2, 0) is 0 Å². The molecule has 57 heavy (non-hydrogen) atoms. The van der Waals surface area contributed by atoms with Crippen LogP contribution in [0.4, 0.5) is 34.1 Å². The molecule has 0 bridgehead atoms. The van der Waals surface area contributed by atoms with Gasteiger partial charge in [0.1, 0.15) is 11.2 Å². The van der Waals surface area contributed by atoms with Gasteiger partial charge in [0, 0.05) is 51.0 Å². The van der Waals surface area contributed by atoms with Crippen LogP contribution in [0.3, 0.4) is 0 Å². The van der Waals surface area contributed by atoms with Crippen molar-refractivity contribution in [2.75, 3.05) is 9.80 Å². The summed E-state index contributed by atoms with van der Waals surface area (Å²) < 4.78 is 6.35. The minimum absolute atomic E-state index is 0.869.